The van der Waals surface area contributed by atoms with Crippen molar-refractivity contribution in [2.75, 3.05) is 20.6 Å². The summed E-state index contributed by atoms with van der Waals surface area (Å²) in [5.41, 5.74) is 8.48. The lowest BCUT2D eigenvalue weighted by atomic mass is 9.82. The number of rotatable bonds is 15. The maximum absolute atomic E-state index is 12.4. The van der Waals surface area contributed by atoms with Crippen molar-refractivity contribution in [1.82, 2.24) is 24.4 Å². The Hall–Kier alpha value is -5.28. The number of carbonyl (C=O) groups excluding carboxylic acids is 4. The van der Waals surface area contributed by atoms with E-state index in [-0.39, 0.29) is 52.4 Å². The summed E-state index contributed by atoms with van der Waals surface area (Å²) in [5.74, 6) is -1.99. The van der Waals surface area contributed by atoms with Crippen molar-refractivity contribution in [1.29, 1.82) is 0 Å². The molecule has 356 valence electrons. The molecule has 0 unspecified atom stereocenters. The van der Waals surface area contributed by atoms with Gasteiger partial charge in [-0.3, -0.25) is 0 Å². The van der Waals surface area contributed by atoms with Crippen LogP contribution < -0.4 is 11.1 Å². The summed E-state index contributed by atoms with van der Waals surface area (Å²) in [4.78, 5) is 56.1. The largest absolute Gasteiger partial charge is 0.426 e. The van der Waals surface area contributed by atoms with Crippen molar-refractivity contribution in [3.05, 3.63) is 120 Å². The van der Waals surface area contributed by atoms with Crippen LogP contribution in [0.25, 0.3) is 12.2 Å². The number of hydrogen-bond donors (Lipinski definition) is 2. The van der Waals surface area contributed by atoms with Gasteiger partial charge in [0, 0.05) is 52.8 Å². The topological polar surface area (TPSA) is 179 Å². The molecule has 0 radical (unpaired) electrons. The van der Waals surface area contributed by atoms with E-state index in [0.29, 0.717) is 19.7 Å². The van der Waals surface area contributed by atoms with Gasteiger partial charge in [0.1, 0.15) is 11.1 Å². The highest BCUT2D eigenvalue weighted by Crippen LogP contribution is 2.29. The molecule has 16 heteroatoms. The molecule has 6 rings (SSSR count). The highest BCUT2D eigenvalue weighted by Gasteiger charge is 2.39. The minimum atomic E-state index is -0.945. The summed E-state index contributed by atoms with van der Waals surface area (Å²) in [7, 11) is 3.02. The van der Waals surface area contributed by atoms with Crippen LogP contribution in [0.2, 0.25) is 0 Å². The summed E-state index contributed by atoms with van der Waals surface area (Å²) in [5, 5.41) is 3.09. The van der Waals surface area contributed by atoms with Crippen LogP contribution in [0.4, 0.5) is 0 Å². The van der Waals surface area contributed by atoms with Gasteiger partial charge in [0.2, 0.25) is 13.6 Å². The van der Waals surface area contributed by atoms with E-state index in [1.165, 1.54) is 19.6 Å². The zero-order chi connectivity index (χ0) is 45.1. The van der Waals surface area contributed by atoms with Gasteiger partial charge < -0.3 is 39.1 Å². The molecule has 14 nitrogen and oxygen atoms in total. The first-order valence-corrected chi connectivity index (χ1v) is 20.0. The van der Waals surface area contributed by atoms with Crippen LogP contribution in [-0.2, 0) is 51.2 Å². The number of likely N-dealkylation sites (N-methyl/N-ethyl adjacent to an activating group) is 1. The highest BCUT2D eigenvalue weighted by atomic mass is 35.5. The molecule has 0 saturated heterocycles. The minimum Gasteiger partial charge on any atom is -0.426 e. The van der Waals surface area contributed by atoms with E-state index in [1.54, 1.807) is 51.2 Å². The van der Waals surface area contributed by atoms with Gasteiger partial charge in [-0.05, 0) is 67.1 Å². The summed E-state index contributed by atoms with van der Waals surface area (Å²) in [6.45, 7) is 2.96. The molecule has 2 aromatic heterocycles. The zero-order valence-corrected chi connectivity index (χ0v) is 37.6. The maximum atomic E-state index is 12.4. The monoisotopic (exact) mass is 933 g/mol. The first-order chi connectivity index (χ1) is 30.1. The van der Waals surface area contributed by atoms with Gasteiger partial charge in [-0.15, -0.1) is 24.8 Å². The number of aromatic nitrogens is 4. The van der Waals surface area contributed by atoms with Crippen LogP contribution in [-0.4, -0.2) is 74.7 Å². The molecular formula is C48H72Cl2N6O8. The number of ether oxygens (including phenoxy) is 4. The summed E-state index contributed by atoms with van der Waals surface area (Å²) in [6, 6.07) is 15.6. The lowest BCUT2D eigenvalue weighted by molar-refractivity contribution is -0.171. The molecule has 0 atom stereocenters. The van der Waals surface area contributed by atoms with E-state index in [2.05, 4.69) is 15.3 Å². The average Bonchev–Trinajstić information content (AvgIpc) is 4.03. The Morgan fingerprint density at radius 2 is 1.09 bits per heavy atom. The Balaban J connectivity index is 0. The lowest BCUT2D eigenvalue weighted by Crippen LogP contribution is -2.52. The normalized spacial score (nSPS) is 14.6. The van der Waals surface area contributed by atoms with Crippen molar-refractivity contribution in [2.45, 2.75) is 124 Å². The molecular weight excluding hydrogens is 859 g/mol. The fraction of sp³-hybridized carbons (Fsp3) is 0.458. The van der Waals surface area contributed by atoms with Crippen molar-refractivity contribution < 1.29 is 40.9 Å². The molecule has 4 aromatic rings. The van der Waals surface area contributed by atoms with Crippen LogP contribution in [0.5, 0.6) is 0 Å². The second-order valence-electron chi connectivity index (χ2n) is 14.3. The summed E-state index contributed by atoms with van der Waals surface area (Å²) < 4.78 is 36.0. The van der Waals surface area contributed by atoms with Gasteiger partial charge in [0.25, 0.3) is 0 Å². The van der Waals surface area contributed by atoms with E-state index in [1.807, 2.05) is 70.1 Å². The second kappa shape index (κ2) is 32.4. The number of benzene rings is 2. The predicted octanol–water partition coefficient (Wildman–Crippen LogP) is 9.34. The van der Waals surface area contributed by atoms with E-state index in [9.17, 15) is 19.2 Å². The Kier molecular flexibility index (Phi) is 28.7. The average molecular weight is 935 g/mol. The van der Waals surface area contributed by atoms with Crippen molar-refractivity contribution in [3.8, 4) is 0 Å². The fourth-order valence-corrected chi connectivity index (χ4v) is 6.74. The van der Waals surface area contributed by atoms with E-state index in [0.717, 1.165) is 86.7 Å². The molecule has 0 aliphatic heterocycles. The Bertz CT molecular complexity index is 1960. The Labute approximate surface area is 396 Å². The van der Waals surface area contributed by atoms with Crippen molar-refractivity contribution >= 4 is 60.8 Å². The predicted molar refractivity (Wildman–Crippen MR) is 259 cm³/mol. The quantitative estimate of drug-likeness (QED) is 0.0657. The maximum Gasteiger partial charge on any atom is 0.333 e. The number of halogens is 2. The van der Waals surface area contributed by atoms with Crippen LogP contribution in [0, 0.1) is 0 Å². The summed E-state index contributed by atoms with van der Waals surface area (Å²) >= 11 is 0. The van der Waals surface area contributed by atoms with Crippen LogP contribution in [0.15, 0.2) is 98.1 Å². The first kappa shape index (κ1) is 56.7. The third-order valence-corrected chi connectivity index (χ3v) is 10.1. The minimum absolute atomic E-state index is 0. The number of imidazole rings is 2. The van der Waals surface area contributed by atoms with E-state index in [4.69, 9.17) is 27.4 Å². The number of carbonyl (C=O) groups is 4. The van der Waals surface area contributed by atoms with Crippen molar-refractivity contribution in [3.63, 3.8) is 0 Å². The molecule has 2 saturated carbocycles. The van der Waals surface area contributed by atoms with Gasteiger partial charge in [-0.1, -0.05) is 123 Å². The smallest absolute Gasteiger partial charge is 0.333 e. The molecule has 64 heavy (non-hydrogen) atoms. The molecule has 0 spiro atoms. The van der Waals surface area contributed by atoms with Gasteiger partial charge in [0.05, 0.1) is 12.7 Å². The molecule has 2 heterocycles. The number of hydrogen-bond acceptors (Lipinski definition) is 12. The number of nitrogens with one attached hydrogen (secondary N) is 1. The van der Waals surface area contributed by atoms with Crippen LogP contribution in [0.3, 0.4) is 0 Å². The SMILES string of the molecule is C.C.CNC1(C(=O)OCOC(=O)/C=C/c2ccc(Cn3ccnc3)cc2)CCCCC1.Cl.Cl.NC1(C(=O)OCOC(=O)/C=C/c2ccc(Cn3ccnc3)cc2)CCCCC1.[2H]CC.[3H]C. The van der Waals surface area contributed by atoms with Gasteiger partial charge in [-0.25, -0.2) is 29.1 Å². The number of nitrogens with two attached hydrogens (primary N) is 1. The van der Waals surface area contributed by atoms with Gasteiger partial charge in [0.15, 0.2) is 0 Å². The Morgan fingerprint density at radius 3 is 1.47 bits per heavy atom. The molecule has 0 amide bonds. The zero-order valence-electron chi connectivity index (χ0n) is 37.9. The number of esters is 4. The van der Waals surface area contributed by atoms with E-state index < -0.39 is 35.8 Å². The summed E-state index contributed by atoms with van der Waals surface area (Å²) in [6.07, 6.45) is 25.5. The molecule has 2 aliphatic carbocycles. The molecule has 2 aliphatic rings. The van der Waals surface area contributed by atoms with Crippen molar-refractivity contribution in [2.24, 2.45) is 5.73 Å². The van der Waals surface area contributed by atoms with Gasteiger partial charge >= 0.3 is 23.9 Å². The third kappa shape index (κ3) is 20.0. The molecule has 0 bridgehead atoms. The van der Waals surface area contributed by atoms with Crippen LogP contribution in [0.1, 0.15) is 125 Å². The van der Waals surface area contributed by atoms with Crippen LogP contribution >= 0.6 is 24.8 Å². The second-order valence-corrected chi connectivity index (χ2v) is 14.3. The highest BCUT2D eigenvalue weighted by molar-refractivity contribution is 5.88. The van der Waals surface area contributed by atoms with Gasteiger partial charge in [-0.2, -0.15) is 0 Å². The lowest BCUT2D eigenvalue weighted by Gasteiger charge is -2.34. The first-order valence-electron chi connectivity index (χ1n) is 21.7. The number of nitrogens with zero attached hydrogens (tertiary/aromatic N) is 4. The Morgan fingerprint density at radius 1 is 0.703 bits per heavy atom. The standard InChI is InChI=1S/C22H27N3O4.C21H25N3O4.C2H6.3CH4.2ClH/c1-23-22(11-3-2-4-12-22)21(27)29-17-28-20(26)10-9-18-5-7-19(8-6-18)15-25-14-13-24-16-25;22-21(10-2-1-3-11-21)20(26)28-16-27-19(25)9-8-17-4-6-18(7-5-17)14-24-13-12-23-15-24;1-2;;;;;/h5-10,13-14,16,23H,2-4,11-12,15,17H2,1H3;4-9,12-13,15H,1-3,10-11,14,16,22H2;1-2H3;3*1H4;2*1H/b10-9+;9-8+;;;;;;/i;;1D;1T;;;;. The van der Waals surface area contributed by atoms with E-state index >= 15 is 0 Å². The third-order valence-electron chi connectivity index (χ3n) is 10.1. The fourth-order valence-electron chi connectivity index (χ4n) is 6.74. The molecule has 2 aromatic carbocycles. The molecule has 3 N–H and O–H groups in total. The molecule has 2 fully saturated rings.